The molecule has 0 spiro atoms. The zero-order valence-electron chi connectivity index (χ0n) is 23.9. The van der Waals surface area contributed by atoms with Gasteiger partial charge in [0.05, 0.1) is 34.3 Å². The molecule has 44 heavy (non-hydrogen) atoms. The molecule has 0 bridgehead atoms. The van der Waals surface area contributed by atoms with Gasteiger partial charge in [0.1, 0.15) is 0 Å². The fourth-order valence-electron chi connectivity index (χ4n) is 6.34. The van der Waals surface area contributed by atoms with Crippen LogP contribution in [0.2, 0.25) is 5.02 Å². The predicted octanol–water partition coefficient (Wildman–Crippen LogP) is 5.44. The monoisotopic (exact) mass is 648 g/mol. The molecule has 2 aromatic heterocycles. The van der Waals surface area contributed by atoms with Crippen LogP contribution in [0.5, 0.6) is 0 Å². The number of hydrogen-bond acceptors (Lipinski definition) is 8. The van der Waals surface area contributed by atoms with Crippen molar-refractivity contribution in [2.45, 2.75) is 52.6 Å². The maximum absolute atomic E-state index is 13.4. The van der Waals surface area contributed by atoms with Gasteiger partial charge in [0.15, 0.2) is 6.23 Å². The molecule has 4 heterocycles. The summed E-state index contributed by atoms with van der Waals surface area (Å²) in [4.78, 5) is 57.1. The van der Waals surface area contributed by atoms with Gasteiger partial charge in [-0.1, -0.05) is 25.4 Å². The van der Waals surface area contributed by atoms with Crippen LogP contribution in [-0.2, 0) is 30.5 Å². The maximum Gasteiger partial charge on any atom is 0.490 e. The number of nitrogens with one attached hydrogen (secondary N) is 2. The van der Waals surface area contributed by atoms with Gasteiger partial charge in [0, 0.05) is 39.6 Å². The number of esters is 1. The summed E-state index contributed by atoms with van der Waals surface area (Å²) in [6.45, 7) is 5.97. The van der Waals surface area contributed by atoms with Gasteiger partial charge in [-0.3, -0.25) is 29.6 Å². The highest BCUT2D eigenvalue weighted by Gasteiger charge is 2.72. The molecule has 1 aliphatic carbocycles. The summed E-state index contributed by atoms with van der Waals surface area (Å²) in [6, 6.07) is 7.01. The van der Waals surface area contributed by atoms with Crippen molar-refractivity contribution in [1.82, 2.24) is 15.2 Å². The Balaban J connectivity index is 1.25. The lowest BCUT2D eigenvalue weighted by atomic mass is 9.94. The second-order valence-electron chi connectivity index (χ2n) is 12.0. The van der Waals surface area contributed by atoms with Crippen LogP contribution >= 0.6 is 22.9 Å². The Morgan fingerprint density at radius 2 is 1.89 bits per heavy atom. The van der Waals surface area contributed by atoms with E-state index in [0.717, 1.165) is 15.1 Å². The molecule has 3 amide bonds. The lowest BCUT2D eigenvalue weighted by Crippen LogP contribution is -2.46. The van der Waals surface area contributed by atoms with E-state index < -0.39 is 30.2 Å². The summed E-state index contributed by atoms with van der Waals surface area (Å²) in [6.07, 6.45) is -4.58. The molecular weight excluding hydrogens is 621 g/mol. The number of piperidine rings is 2. The standard InChI is InChI=1S/C30H28ClF3N4O5S/c1-13-8-15(31)10-18(23(13)37-25(39)14-4-6-36-20(9-14)43-28(42)30(32,33)34)17-5-7-35-19-11-16(44-24(17)19)12-38-26(40)21-22(27(38)41)29(21,2)3/h5,7-8,10-11,14,20-22,36H,4,6,9,12H2,1-3H3,(H,37,39). The van der Waals surface area contributed by atoms with E-state index in [1.807, 2.05) is 19.9 Å². The molecule has 6 rings (SSSR count). The zero-order chi connectivity index (χ0) is 31.7. The van der Waals surface area contributed by atoms with Crippen LogP contribution < -0.4 is 10.6 Å². The molecule has 9 nitrogen and oxygen atoms in total. The Morgan fingerprint density at radius 3 is 2.57 bits per heavy atom. The average molecular weight is 649 g/mol. The quantitative estimate of drug-likeness (QED) is 0.270. The molecule has 232 valence electrons. The van der Waals surface area contributed by atoms with Crippen LogP contribution in [0.4, 0.5) is 18.9 Å². The number of thiophene rings is 1. The molecule has 4 unspecified atom stereocenters. The van der Waals surface area contributed by atoms with Gasteiger partial charge in [0.2, 0.25) is 17.7 Å². The van der Waals surface area contributed by atoms with E-state index in [0.29, 0.717) is 33.8 Å². The van der Waals surface area contributed by atoms with Crippen molar-refractivity contribution in [2.24, 2.45) is 23.2 Å². The van der Waals surface area contributed by atoms with Crippen molar-refractivity contribution in [2.75, 3.05) is 11.9 Å². The lowest BCUT2D eigenvalue weighted by molar-refractivity contribution is -0.207. The van der Waals surface area contributed by atoms with Crippen molar-refractivity contribution >= 4 is 62.5 Å². The first-order valence-corrected chi connectivity index (χ1v) is 15.2. The van der Waals surface area contributed by atoms with E-state index in [-0.39, 0.29) is 48.6 Å². The predicted molar refractivity (Wildman–Crippen MR) is 156 cm³/mol. The first-order chi connectivity index (χ1) is 20.7. The van der Waals surface area contributed by atoms with Gasteiger partial charge < -0.3 is 10.1 Å². The van der Waals surface area contributed by atoms with Crippen molar-refractivity contribution in [3.05, 3.63) is 45.9 Å². The molecule has 3 fully saturated rings. The van der Waals surface area contributed by atoms with Gasteiger partial charge in [0.25, 0.3) is 0 Å². The summed E-state index contributed by atoms with van der Waals surface area (Å²) >= 11 is 7.84. The van der Waals surface area contributed by atoms with Crippen molar-refractivity contribution < 1.29 is 37.1 Å². The number of fused-ring (bicyclic) bond motifs is 2. The Labute approximate surface area is 259 Å². The van der Waals surface area contributed by atoms with E-state index in [1.165, 1.54) is 16.2 Å². The number of alkyl halides is 3. The highest BCUT2D eigenvalue weighted by Crippen LogP contribution is 2.63. The minimum atomic E-state index is -5.14. The number of nitrogens with zero attached hydrogens (tertiary/aromatic N) is 2. The van der Waals surface area contributed by atoms with Crippen LogP contribution in [0, 0.1) is 30.1 Å². The van der Waals surface area contributed by atoms with Gasteiger partial charge in [-0.05, 0) is 55.1 Å². The summed E-state index contributed by atoms with van der Waals surface area (Å²) in [7, 11) is 0. The first kappa shape index (κ1) is 30.5. The molecule has 1 aromatic carbocycles. The van der Waals surface area contributed by atoms with E-state index in [2.05, 4.69) is 20.4 Å². The van der Waals surface area contributed by atoms with E-state index >= 15 is 0 Å². The molecule has 2 saturated heterocycles. The molecule has 2 aliphatic heterocycles. The average Bonchev–Trinajstić information content (AvgIpc) is 3.18. The Kier molecular flexibility index (Phi) is 7.49. The molecule has 2 N–H and O–H groups in total. The molecule has 3 aliphatic rings. The second kappa shape index (κ2) is 10.8. The molecule has 3 aromatic rings. The van der Waals surface area contributed by atoms with Crippen molar-refractivity contribution in [3.63, 3.8) is 0 Å². The summed E-state index contributed by atoms with van der Waals surface area (Å²) < 4.78 is 43.4. The number of ether oxygens (including phenoxy) is 1. The molecule has 1 saturated carbocycles. The third-order valence-corrected chi connectivity index (χ3v) is 10.1. The Hall–Kier alpha value is -3.55. The number of carbonyl (C=O) groups is 4. The summed E-state index contributed by atoms with van der Waals surface area (Å²) in [5.41, 5.74) is 2.80. The Morgan fingerprint density at radius 1 is 1.18 bits per heavy atom. The molecule has 14 heteroatoms. The number of carbonyl (C=O) groups excluding carboxylic acids is 4. The molecular formula is C30H28ClF3N4O5S. The fourth-order valence-corrected chi connectivity index (χ4v) is 7.75. The van der Waals surface area contributed by atoms with Gasteiger partial charge in [-0.2, -0.15) is 13.2 Å². The first-order valence-electron chi connectivity index (χ1n) is 14.0. The molecule has 0 radical (unpaired) electrons. The van der Waals surface area contributed by atoms with Gasteiger partial charge >= 0.3 is 12.1 Å². The third kappa shape index (κ3) is 5.34. The topological polar surface area (TPSA) is 118 Å². The van der Waals surface area contributed by atoms with Crippen LogP contribution in [0.15, 0.2) is 30.5 Å². The number of anilines is 1. The number of amides is 3. The van der Waals surface area contributed by atoms with E-state index in [9.17, 15) is 32.3 Å². The van der Waals surface area contributed by atoms with Gasteiger partial charge in [-0.25, -0.2) is 4.79 Å². The number of aryl methyl sites for hydroxylation is 1. The summed E-state index contributed by atoms with van der Waals surface area (Å²) in [5, 5.41) is 6.06. The number of imide groups is 1. The maximum atomic E-state index is 13.4. The largest absolute Gasteiger partial charge is 0.490 e. The van der Waals surface area contributed by atoms with E-state index in [1.54, 1.807) is 31.3 Å². The van der Waals surface area contributed by atoms with Crippen molar-refractivity contribution in [1.29, 1.82) is 0 Å². The number of likely N-dealkylation sites (tertiary alicyclic amines) is 1. The number of benzene rings is 1. The SMILES string of the molecule is Cc1cc(Cl)cc(-c2ccnc3cc(CN4C(=O)C5C(C4=O)C5(C)C)sc23)c1NC(=O)C1CCNC(OC(=O)C(F)(F)F)C1. The normalized spacial score (nSPS) is 24.4. The van der Waals surface area contributed by atoms with Crippen molar-refractivity contribution in [3.8, 4) is 11.1 Å². The number of pyridine rings is 1. The van der Waals surface area contributed by atoms with Crippen LogP contribution in [0.25, 0.3) is 21.3 Å². The Bertz CT molecular complexity index is 1700. The fraction of sp³-hybridized carbons (Fsp3) is 0.433. The zero-order valence-corrected chi connectivity index (χ0v) is 25.5. The van der Waals surface area contributed by atoms with Crippen LogP contribution in [-0.4, -0.2) is 52.5 Å². The van der Waals surface area contributed by atoms with Crippen LogP contribution in [0.1, 0.15) is 37.1 Å². The number of rotatable bonds is 6. The van der Waals surface area contributed by atoms with E-state index in [4.69, 9.17) is 11.6 Å². The number of aromatic nitrogens is 1. The second-order valence-corrected chi connectivity index (χ2v) is 13.6. The number of halogens is 4. The highest BCUT2D eigenvalue weighted by molar-refractivity contribution is 7.19. The lowest BCUT2D eigenvalue weighted by Gasteiger charge is -2.29. The number of hydrogen-bond donors (Lipinski definition) is 2. The summed E-state index contributed by atoms with van der Waals surface area (Å²) in [5.74, 6) is -4.32. The van der Waals surface area contributed by atoms with Crippen LogP contribution in [0.3, 0.4) is 0 Å². The van der Waals surface area contributed by atoms with Gasteiger partial charge in [-0.15, -0.1) is 11.3 Å². The highest BCUT2D eigenvalue weighted by atomic mass is 35.5. The third-order valence-electron chi connectivity index (χ3n) is 8.72. The minimum absolute atomic E-state index is 0.129. The minimum Gasteiger partial charge on any atom is -0.440 e. The smallest absolute Gasteiger partial charge is 0.440 e. The molecule has 4 atom stereocenters.